The van der Waals surface area contributed by atoms with Gasteiger partial charge in [0.05, 0.1) is 18.4 Å². The SMILES string of the molecule is [CH2-]CN(C[CH2-])C(=O)N[C@@H](C)c1cnn2c(N[C@@H]3CCC(C)=C(c4ccccc4C)C3)nc(-c3cncc(F)c3)nc12.[U+2]. The van der Waals surface area contributed by atoms with Crippen LogP contribution in [0.2, 0.25) is 0 Å². The summed E-state index contributed by atoms with van der Waals surface area (Å²) < 4.78 is 15.8. The van der Waals surface area contributed by atoms with Crippen LogP contribution >= 0.6 is 0 Å². The summed E-state index contributed by atoms with van der Waals surface area (Å²) in [6.07, 6.45) is 7.06. The molecule has 11 heteroatoms. The Morgan fingerprint density at radius 1 is 1.17 bits per heavy atom. The third-order valence-electron chi connectivity index (χ3n) is 7.63. The molecule has 0 saturated heterocycles. The van der Waals surface area contributed by atoms with E-state index in [1.54, 1.807) is 10.7 Å². The predicted molar refractivity (Wildman–Crippen MR) is 158 cm³/mol. The van der Waals surface area contributed by atoms with Crippen molar-refractivity contribution in [2.75, 3.05) is 18.4 Å². The Morgan fingerprint density at radius 3 is 2.64 bits per heavy atom. The molecule has 0 radical (unpaired) electrons. The first-order valence-corrected chi connectivity index (χ1v) is 13.8. The minimum atomic E-state index is -0.480. The molecular weight excluding hydrogens is 757 g/mol. The number of aryl methyl sites for hydroxylation is 1. The van der Waals surface area contributed by atoms with Gasteiger partial charge in [-0.3, -0.25) is 4.98 Å². The Morgan fingerprint density at radius 2 is 1.93 bits per heavy atom. The molecule has 42 heavy (non-hydrogen) atoms. The van der Waals surface area contributed by atoms with Gasteiger partial charge in [-0.15, -0.1) is 13.1 Å². The van der Waals surface area contributed by atoms with Crippen LogP contribution in [0, 0.1) is 57.7 Å². The molecule has 2 N–H and O–H groups in total. The third kappa shape index (κ3) is 6.68. The maximum atomic E-state index is 14.1. The fourth-order valence-electron chi connectivity index (χ4n) is 5.25. The van der Waals surface area contributed by atoms with Crippen LogP contribution in [0.3, 0.4) is 0 Å². The second-order valence-corrected chi connectivity index (χ2v) is 10.4. The fourth-order valence-corrected chi connectivity index (χ4v) is 5.25. The molecule has 0 aliphatic heterocycles. The van der Waals surface area contributed by atoms with Crippen molar-refractivity contribution in [1.82, 2.24) is 34.8 Å². The number of hydrogen-bond acceptors (Lipinski definition) is 6. The van der Waals surface area contributed by atoms with Crippen LogP contribution in [-0.2, 0) is 0 Å². The van der Waals surface area contributed by atoms with E-state index in [-0.39, 0.29) is 43.2 Å². The van der Waals surface area contributed by atoms with Crippen molar-refractivity contribution >= 4 is 23.2 Å². The van der Waals surface area contributed by atoms with Gasteiger partial charge in [0.25, 0.3) is 0 Å². The summed E-state index contributed by atoms with van der Waals surface area (Å²) in [6.45, 7) is 14.4. The van der Waals surface area contributed by atoms with Crippen molar-refractivity contribution in [2.24, 2.45) is 0 Å². The molecule has 216 valence electrons. The molecule has 0 unspecified atom stereocenters. The Bertz CT molecular complexity index is 1600. The largest absolute Gasteiger partial charge is 2.00 e. The van der Waals surface area contributed by atoms with Gasteiger partial charge in [0.2, 0.25) is 5.95 Å². The predicted octanol–water partition coefficient (Wildman–Crippen LogP) is 5.81. The van der Waals surface area contributed by atoms with Gasteiger partial charge in [-0.05, 0) is 62.8 Å². The summed E-state index contributed by atoms with van der Waals surface area (Å²) in [5.74, 6) is 0.322. The van der Waals surface area contributed by atoms with Crippen molar-refractivity contribution in [3.8, 4) is 11.4 Å². The topological polar surface area (TPSA) is 100 Å². The van der Waals surface area contributed by atoms with Crippen molar-refractivity contribution < 1.29 is 40.3 Å². The Labute approximate surface area is 269 Å². The van der Waals surface area contributed by atoms with Crippen LogP contribution in [0.4, 0.5) is 15.1 Å². The van der Waals surface area contributed by atoms with Crippen LogP contribution in [0.1, 0.15) is 55.8 Å². The molecule has 1 aliphatic rings. The second kappa shape index (κ2) is 13.8. The first-order chi connectivity index (χ1) is 19.8. The van der Waals surface area contributed by atoms with Crippen LogP contribution in [-0.4, -0.2) is 54.6 Å². The van der Waals surface area contributed by atoms with Gasteiger partial charge in [-0.1, -0.05) is 29.8 Å². The van der Waals surface area contributed by atoms with Gasteiger partial charge < -0.3 is 29.4 Å². The molecular formula is C31H35FN8OU. The number of urea groups is 1. The van der Waals surface area contributed by atoms with Gasteiger partial charge in [0.1, 0.15) is 5.82 Å². The number of pyridine rings is 1. The Balaban J connectivity index is 0.00000405. The number of fused-ring (bicyclic) bond motifs is 1. The van der Waals surface area contributed by atoms with Crippen LogP contribution < -0.4 is 10.6 Å². The first-order valence-electron chi connectivity index (χ1n) is 13.8. The van der Waals surface area contributed by atoms with E-state index in [1.165, 1.54) is 39.4 Å². The molecule has 0 saturated carbocycles. The average Bonchev–Trinajstić information content (AvgIpc) is 3.40. The maximum absolute atomic E-state index is 14.1. The number of halogens is 1. The Kier molecular flexibility index (Phi) is 10.4. The van der Waals surface area contributed by atoms with E-state index >= 15 is 0 Å². The summed E-state index contributed by atoms with van der Waals surface area (Å²) in [7, 11) is 0. The molecule has 3 heterocycles. The number of carbonyl (C=O) groups excluding carboxylic acids is 1. The van der Waals surface area contributed by atoms with Crippen LogP contribution in [0.15, 0.2) is 54.5 Å². The van der Waals surface area contributed by atoms with Crippen molar-refractivity contribution in [3.05, 3.63) is 90.9 Å². The van der Waals surface area contributed by atoms with Crippen molar-refractivity contribution in [1.29, 1.82) is 0 Å². The minimum Gasteiger partial charge on any atom is -0.385 e. The van der Waals surface area contributed by atoms with Crippen molar-refractivity contribution in [3.63, 3.8) is 0 Å². The van der Waals surface area contributed by atoms with Gasteiger partial charge in [0.15, 0.2) is 11.5 Å². The summed E-state index contributed by atoms with van der Waals surface area (Å²) >= 11 is 0. The first kappa shape index (κ1) is 31.6. The minimum absolute atomic E-state index is 0. The molecule has 9 nitrogen and oxygen atoms in total. The second-order valence-electron chi connectivity index (χ2n) is 10.4. The van der Waals surface area contributed by atoms with E-state index in [2.05, 4.69) is 72.7 Å². The average molecular weight is 793 g/mol. The van der Waals surface area contributed by atoms with E-state index in [4.69, 9.17) is 9.97 Å². The number of benzene rings is 1. The molecule has 0 spiro atoms. The third-order valence-corrected chi connectivity index (χ3v) is 7.63. The molecule has 0 bridgehead atoms. The smallest absolute Gasteiger partial charge is 0.385 e. The number of hydrogen-bond donors (Lipinski definition) is 2. The number of amides is 2. The zero-order valence-corrected chi connectivity index (χ0v) is 28.4. The quantitative estimate of drug-likeness (QED) is 0.219. The number of nitrogens with zero attached hydrogens (tertiary/aromatic N) is 6. The molecule has 5 rings (SSSR count). The maximum Gasteiger partial charge on any atom is 2.00 e. The van der Waals surface area contributed by atoms with E-state index in [9.17, 15) is 9.18 Å². The molecule has 1 aromatic carbocycles. The summed E-state index contributed by atoms with van der Waals surface area (Å²) in [5.41, 5.74) is 6.89. The molecule has 4 aromatic rings. The van der Waals surface area contributed by atoms with Crippen LogP contribution in [0.5, 0.6) is 0 Å². The van der Waals surface area contributed by atoms with E-state index in [0.717, 1.165) is 25.5 Å². The zero-order chi connectivity index (χ0) is 29.1. The summed E-state index contributed by atoms with van der Waals surface area (Å²) in [6, 6.07) is 9.19. The van der Waals surface area contributed by atoms with Gasteiger partial charge in [-0.2, -0.15) is 14.6 Å². The number of nitrogens with one attached hydrogen (secondary N) is 2. The molecule has 3 aromatic heterocycles. The molecule has 2 atom stereocenters. The molecule has 0 fully saturated rings. The standard InChI is InChI=1S/C31H35FN8O.U/c1-6-39(7-2)31(41)35-21(5)27-18-34-40-29(27)37-28(22-14-23(32)17-33-16-22)38-30(40)36-24-13-12-20(4)26(15-24)25-11-9-8-10-19(25)3;/h8-11,14,16-18,21,24H,1-2,6-7,12-13,15H2,3-5H3,(H,35,41)(H,36,37,38);/q-2;+2/t21-,24+;/m0./s1. The summed E-state index contributed by atoms with van der Waals surface area (Å²) in [4.78, 5) is 27.7. The number of allylic oxidation sites excluding steroid dienone is 1. The zero-order valence-electron chi connectivity index (χ0n) is 24.2. The number of aromatic nitrogens is 5. The monoisotopic (exact) mass is 792 g/mol. The van der Waals surface area contributed by atoms with Gasteiger partial charge in [0, 0.05) is 23.4 Å². The molecule has 1 aliphatic carbocycles. The van der Waals surface area contributed by atoms with E-state index < -0.39 is 11.9 Å². The van der Waals surface area contributed by atoms with Gasteiger partial charge in [-0.25, -0.2) is 14.2 Å². The van der Waals surface area contributed by atoms with Gasteiger partial charge >= 0.3 is 37.1 Å². The molecule has 2 amide bonds. The number of anilines is 1. The normalized spacial score (nSPS) is 15.7. The number of carbonyl (C=O) groups is 1. The van der Waals surface area contributed by atoms with Crippen LogP contribution in [0.25, 0.3) is 22.6 Å². The fraction of sp³-hybridized carbons (Fsp3) is 0.323. The van der Waals surface area contributed by atoms with Crippen molar-refractivity contribution in [2.45, 2.75) is 52.1 Å². The number of rotatable bonds is 8. The Hall–Kier alpha value is -3.29. The van der Waals surface area contributed by atoms with E-state index in [0.29, 0.717) is 41.6 Å². The summed E-state index contributed by atoms with van der Waals surface area (Å²) in [5, 5.41) is 11.2. The van der Waals surface area contributed by atoms with E-state index in [1.807, 2.05) is 6.92 Å².